The molecular formula is C20H20FN5. The highest BCUT2D eigenvalue weighted by Gasteiger charge is 2.35. The molecule has 1 aromatic carbocycles. The van der Waals surface area contributed by atoms with Crippen molar-refractivity contribution in [2.24, 2.45) is 5.92 Å². The number of aromatic nitrogens is 4. The molecule has 3 aromatic rings. The van der Waals surface area contributed by atoms with Gasteiger partial charge in [-0.2, -0.15) is 4.39 Å². The normalized spacial score (nSPS) is 24.7. The molecule has 0 N–H and O–H groups in total. The molecule has 0 saturated carbocycles. The number of piperidine rings is 3. The Morgan fingerprint density at radius 2 is 1.65 bits per heavy atom. The molecule has 3 saturated heterocycles. The first-order valence-electron chi connectivity index (χ1n) is 9.13. The van der Waals surface area contributed by atoms with Crippen molar-refractivity contribution in [1.29, 1.82) is 0 Å². The van der Waals surface area contributed by atoms with Gasteiger partial charge in [-0.3, -0.25) is 0 Å². The van der Waals surface area contributed by atoms with Crippen molar-refractivity contribution in [2.75, 3.05) is 19.6 Å². The molecule has 6 heteroatoms. The van der Waals surface area contributed by atoms with Crippen molar-refractivity contribution in [1.82, 2.24) is 24.9 Å². The number of rotatable bonds is 3. The Labute approximate surface area is 151 Å². The fourth-order valence-electron chi connectivity index (χ4n) is 4.18. The minimum absolute atomic E-state index is 0.448. The van der Waals surface area contributed by atoms with Gasteiger partial charge in [0.1, 0.15) is 5.69 Å². The predicted molar refractivity (Wildman–Crippen MR) is 96.8 cm³/mol. The Kier molecular flexibility index (Phi) is 3.78. The first-order chi connectivity index (χ1) is 12.8. The van der Waals surface area contributed by atoms with Gasteiger partial charge in [-0.25, -0.2) is 9.67 Å². The van der Waals surface area contributed by atoms with Crippen LogP contribution in [-0.4, -0.2) is 44.5 Å². The van der Waals surface area contributed by atoms with Crippen molar-refractivity contribution in [2.45, 2.75) is 18.9 Å². The summed E-state index contributed by atoms with van der Waals surface area (Å²) in [6.45, 7) is 3.54. The van der Waals surface area contributed by atoms with Crippen molar-refractivity contribution >= 4 is 0 Å². The molecule has 0 aliphatic carbocycles. The van der Waals surface area contributed by atoms with Crippen molar-refractivity contribution in [3.8, 4) is 22.4 Å². The maximum Gasteiger partial charge on any atom is 0.212 e. The van der Waals surface area contributed by atoms with Crippen LogP contribution in [0, 0.1) is 11.9 Å². The molecular weight excluding hydrogens is 329 g/mol. The second-order valence-electron chi connectivity index (χ2n) is 7.24. The standard InChI is InChI=1S/C20H20FN5/c21-20-6-5-17(11-22-20)14-1-3-15(4-2-14)18-12-26(24-23-18)19-13-25-9-7-16(19)8-10-25/h1-6,11-12,16,19H,7-10,13H2. The van der Waals surface area contributed by atoms with Crippen LogP contribution in [0.4, 0.5) is 4.39 Å². The van der Waals surface area contributed by atoms with Crippen molar-refractivity contribution in [3.05, 3.63) is 54.7 Å². The zero-order valence-electron chi connectivity index (χ0n) is 14.4. The molecule has 0 amide bonds. The largest absolute Gasteiger partial charge is 0.301 e. The fourth-order valence-corrected chi connectivity index (χ4v) is 4.18. The SMILES string of the molecule is Fc1ccc(-c2ccc(-c3cn(C4CN5CCC4CC5)nn3)cc2)cn1. The van der Waals surface area contributed by atoms with Gasteiger partial charge in [0.15, 0.2) is 0 Å². The number of hydrogen-bond donors (Lipinski definition) is 0. The highest BCUT2D eigenvalue weighted by atomic mass is 19.1. The highest BCUT2D eigenvalue weighted by molar-refractivity contribution is 5.67. The monoisotopic (exact) mass is 349 g/mol. The topological polar surface area (TPSA) is 46.8 Å². The van der Waals surface area contributed by atoms with Gasteiger partial charge in [0, 0.05) is 23.9 Å². The zero-order valence-corrected chi connectivity index (χ0v) is 14.4. The summed E-state index contributed by atoms with van der Waals surface area (Å²) in [4.78, 5) is 6.24. The van der Waals surface area contributed by atoms with E-state index in [0.717, 1.165) is 34.8 Å². The van der Waals surface area contributed by atoms with E-state index in [9.17, 15) is 4.39 Å². The van der Waals surface area contributed by atoms with Crippen LogP contribution in [0.3, 0.4) is 0 Å². The second kappa shape index (κ2) is 6.29. The third-order valence-electron chi connectivity index (χ3n) is 5.71. The second-order valence-corrected chi connectivity index (χ2v) is 7.24. The van der Waals surface area contributed by atoms with E-state index in [4.69, 9.17) is 0 Å². The van der Waals surface area contributed by atoms with Crippen LogP contribution in [0.25, 0.3) is 22.4 Å². The number of fused-ring (bicyclic) bond motifs is 3. The van der Waals surface area contributed by atoms with E-state index in [-0.39, 0.29) is 0 Å². The van der Waals surface area contributed by atoms with E-state index < -0.39 is 5.95 Å². The summed E-state index contributed by atoms with van der Waals surface area (Å²) in [7, 11) is 0. The van der Waals surface area contributed by atoms with Crippen LogP contribution in [0.5, 0.6) is 0 Å². The molecule has 3 aliphatic rings. The smallest absolute Gasteiger partial charge is 0.212 e. The third kappa shape index (κ3) is 2.80. The van der Waals surface area contributed by atoms with Gasteiger partial charge in [-0.1, -0.05) is 29.5 Å². The maximum absolute atomic E-state index is 13.0. The van der Waals surface area contributed by atoms with Gasteiger partial charge in [0.05, 0.1) is 12.2 Å². The first-order valence-corrected chi connectivity index (χ1v) is 9.13. The molecule has 1 unspecified atom stereocenters. The average Bonchev–Trinajstić information content (AvgIpc) is 3.20. The van der Waals surface area contributed by atoms with Gasteiger partial charge in [0.25, 0.3) is 0 Å². The van der Waals surface area contributed by atoms with Crippen LogP contribution in [-0.2, 0) is 0 Å². The van der Waals surface area contributed by atoms with Gasteiger partial charge in [-0.15, -0.1) is 5.10 Å². The number of benzene rings is 1. The summed E-state index contributed by atoms with van der Waals surface area (Å²) in [5, 5.41) is 8.81. The van der Waals surface area contributed by atoms with Crippen molar-refractivity contribution < 1.29 is 4.39 Å². The van der Waals surface area contributed by atoms with Crippen LogP contribution < -0.4 is 0 Å². The first kappa shape index (κ1) is 15.6. The number of hydrogen-bond acceptors (Lipinski definition) is 4. The average molecular weight is 349 g/mol. The van der Waals surface area contributed by atoms with Crippen LogP contribution in [0.1, 0.15) is 18.9 Å². The van der Waals surface area contributed by atoms with Crippen LogP contribution in [0.2, 0.25) is 0 Å². The molecule has 1 atom stereocenters. The van der Waals surface area contributed by atoms with Crippen molar-refractivity contribution in [3.63, 3.8) is 0 Å². The molecule has 5 heterocycles. The van der Waals surface area contributed by atoms with E-state index in [1.54, 1.807) is 12.3 Å². The molecule has 26 heavy (non-hydrogen) atoms. The van der Waals surface area contributed by atoms with Gasteiger partial charge in [-0.05, 0) is 49.5 Å². The molecule has 132 valence electrons. The predicted octanol–water partition coefficient (Wildman–Crippen LogP) is 3.41. The lowest BCUT2D eigenvalue weighted by molar-refractivity contribution is 0.0504. The molecule has 0 spiro atoms. The minimum Gasteiger partial charge on any atom is -0.301 e. The molecule has 3 aliphatic heterocycles. The fraction of sp³-hybridized carbons (Fsp3) is 0.350. The molecule has 0 radical (unpaired) electrons. The van der Waals surface area contributed by atoms with Gasteiger partial charge < -0.3 is 4.90 Å². The molecule has 5 nitrogen and oxygen atoms in total. The van der Waals surface area contributed by atoms with E-state index in [1.165, 1.54) is 32.0 Å². The summed E-state index contributed by atoms with van der Waals surface area (Å²) < 4.78 is 15.0. The van der Waals surface area contributed by atoms with E-state index >= 15 is 0 Å². The lowest BCUT2D eigenvalue weighted by Gasteiger charge is -2.44. The Morgan fingerprint density at radius 3 is 2.31 bits per heavy atom. The summed E-state index contributed by atoms with van der Waals surface area (Å²) in [6.07, 6.45) is 6.15. The van der Waals surface area contributed by atoms with Gasteiger partial charge in [0.2, 0.25) is 5.95 Å². The molecule has 2 aromatic heterocycles. The van der Waals surface area contributed by atoms with E-state index in [1.807, 2.05) is 24.3 Å². The molecule has 3 fully saturated rings. The molecule has 6 rings (SSSR count). The van der Waals surface area contributed by atoms with Crippen LogP contribution >= 0.6 is 0 Å². The zero-order chi connectivity index (χ0) is 17.5. The molecule has 2 bridgehead atoms. The number of pyridine rings is 1. The maximum atomic E-state index is 13.0. The summed E-state index contributed by atoms with van der Waals surface area (Å²) in [6, 6.07) is 11.6. The summed E-state index contributed by atoms with van der Waals surface area (Å²) in [5.41, 5.74) is 3.83. The van der Waals surface area contributed by atoms with Crippen LogP contribution in [0.15, 0.2) is 48.8 Å². The van der Waals surface area contributed by atoms with E-state index in [2.05, 4.69) is 31.1 Å². The number of nitrogens with zero attached hydrogens (tertiary/aromatic N) is 5. The minimum atomic E-state index is -0.463. The Hall–Kier alpha value is -2.60. The van der Waals surface area contributed by atoms with Gasteiger partial charge >= 0.3 is 0 Å². The quantitative estimate of drug-likeness (QED) is 0.680. The lowest BCUT2D eigenvalue weighted by Crippen LogP contribution is -2.48. The summed E-state index contributed by atoms with van der Waals surface area (Å²) >= 11 is 0. The number of halogens is 1. The Morgan fingerprint density at radius 1 is 0.923 bits per heavy atom. The Bertz CT molecular complexity index is 895. The highest BCUT2D eigenvalue weighted by Crippen LogP contribution is 2.35. The summed E-state index contributed by atoms with van der Waals surface area (Å²) in [5.74, 6) is 0.262. The van der Waals surface area contributed by atoms with E-state index in [0.29, 0.717) is 6.04 Å². The third-order valence-corrected chi connectivity index (χ3v) is 5.71. The lowest BCUT2D eigenvalue weighted by atomic mass is 9.84. The Balaban J connectivity index is 1.37.